The van der Waals surface area contributed by atoms with Crippen LogP contribution >= 0.6 is 0 Å². The summed E-state index contributed by atoms with van der Waals surface area (Å²) in [5.74, 6) is 0.151. The first-order valence-corrected chi connectivity index (χ1v) is 12.2. The van der Waals surface area contributed by atoms with Crippen LogP contribution in [0.2, 0.25) is 0 Å². The topological polar surface area (TPSA) is 62.3 Å². The molecule has 1 atom stereocenters. The molecule has 8 heteroatoms. The second-order valence-electron chi connectivity index (χ2n) is 9.89. The summed E-state index contributed by atoms with van der Waals surface area (Å²) in [5, 5.41) is 1.40. The Morgan fingerprint density at radius 3 is 2.40 bits per heavy atom. The molecule has 1 saturated carbocycles. The normalized spacial score (nSPS) is 19.4. The van der Waals surface area contributed by atoms with E-state index in [9.17, 15) is 14.0 Å². The summed E-state index contributed by atoms with van der Waals surface area (Å²) in [6, 6.07) is 14.8. The predicted octanol–water partition coefficient (Wildman–Crippen LogP) is 5.38. The zero-order valence-corrected chi connectivity index (χ0v) is 20.7. The Balaban J connectivity index is 1.56. The minimum atomic E-state index is -0.726. The van der Waals surface area contributed by atoms with E-state index in [2.05, 4.69) is 0 Å². The van der Waals surface area contributed by atoms with E-state index in [1.807, 2.05) is 51.1 Å². The Kier molecular flexibility index (Phi) is 7.60. The third-order valence-electron chi connectivity index (χ3n) is 6.52. The van der Waals surface area contributed by atoms with Crippen molar-refractivity contribution in [3.05, 3.63) is 71.5 Å². The second kappa shape index (κ2) is 10.6. The van der Waals surface area contributed by atoms with Gasteiger partial charge in [-0.2, -0.15) is 0 Å². The molecule has 0 radical (unpaired) electrons. The lowest BCUT2D eigenvalue weighted by atomic mass is 9.91. The van der Waals surface area contributed by atoms with Crippen molar-refractivity contribution in [3.63, 3.8) is 0 Å². The quantitative estimate of drug-likeness (QED) is 0.496. The molecule has 0 aromatic heterocycles. The van der Waals surface area contributed by atoms with Gasteiger partial charge in [0.2, 0.25) is 0 Å². The van der Waals surface area contributed by atoms with Crippen molar-refractivity contribution in [1.82, 2.24) is 14.9 Å². The largest absolute Gasteiger partial charge is 0.445 e. The summed E-state index contributed by atoms with van der Waals surface area (Å²) in [4.78, 5) is 36.0. The van der Waals surface area contributed by atoms with Gasteiger partial charge in [-0.15, -0.1) is 0 Å². The van der Waals surface area contributed by atoms with E-state index in [4.69, 9.17) is 9.57 Å². The second-order valence-corrected chi connectivity index (χ2v) is 9.89. The number of benzene rings is 2. The van der Waals surface area contributed by atoms with E-state index < -0.39 is 17.7 Å². The average Bonchev–Trinajstić information content (AvgIpc) is 3.67. The maximum Gasteiger partial charge on any atom is 0.410 e. The number of rotatable bonds is 7. The van der Waals surface area contributed by atoms with Crippen LogP contribution in [0.25, 0.3) is 0 Å². The molecule has 7 nitrogen and oxygen atoms in total. The maximum absolute atomic E-state index is 13.7. The molecule has 1 unspecified atom stereocenters. The summed E-state index contributed by atoms with van der Waals surface area (Å²) in [5.41, 5.74) is 0.915. The maximum atomic E-state index is 13.7. The molecule has 0 bridgehead atoms. The third kappa shape index (κ3) is 6.11. The first-order chi connectivity index (χ1) is 16.8. The minimum absolute atomic E-state index is 0.166. The zero-order chi connectivity index (χ0) is 25.0. The third-order valence-corrected chi connectivity index (χ3v) is 6.52. The van der Waals surface area contributed by atoms with Crippen LogP contribution < -0.4 is 0 Å². The van der Waals surface area contributed by atoms with E-state index in [-0.39, 0.29) is 25.0 Å². The molecule has 188 valence electrons. The molecular weight excluding hydrogens is 449 g/mol. The summed E-state index contributed by atoms with van der Waals surface area (Å²) in [6.07, 6.45) is 1.80. The summed E-state index contributed by atoms with van der Waals surface area (Å²) < 4.78 is 19.3. The predicted molar refractivity (Wildman–Crippen MR) is 130 cm³/mol. The Labute approximate surface area is 206 Å². The van der Waals surface area contributed by atoms with Crippen molar-refractivity contribution in [1.29, 1.82) is 0 Å². The Hall–Kier alpha value is -3.13. The van der Waals surface area contributed by atoms with Crippen molar-refractivity contribution in [2.45, 2.75) is 51.8 Å². The van der Waals surface area contributed by atoms with Crippen LogP contribution in [-0.2, 0) is 16.2 Å². The summed E-state index contributed by atoms with van der Waals surface area (Å²) >= 11 is 0. The molecule has 1 saturated heterocycles. The lowest BCUT2D eigenvalue weighted by molar-refractivity contribution is -0.139. The summed E-state index contributed by atoms with van der Waals surface area (Å²) in [7, 11) is 0. The number of amides is 3. The molecule has 0 spiro atoms. The average molecular weight is 484 g/mol. The van der Waals surface area contributed by atoms with Crippen LogP contribution in [0.4, 0.5) is 14.0 Å². The molecule has 1 heterocycles. The van der Waals surface area contributed by atoms with Crippen molar-refractivity contribution < 1.29 is 23.6 Å². The number of hydrogen-bond donors (Lipinski definition) is 0. The van der Waals surface area contributed by atoms with Crippen molar-refractivity contribution in [3.8, 4) is 0 Å². The van der Waals surface area contributed by atoms with E-state index in [0.717, 1.165) is 24.0 Å². The number of nitrogens with zero attached hydrogens (tertiary/aromatic N) is 3. The van der Waals surface area contributed by atoms with E-state index >= 15 is 0 Å². The van der Waals surface area contributed by atoms with Gasteiger partial charge in [-0.1, -0.05) is 42.5 Å². The van der Waals surface area contributed by atoms with Gasteiger partial charge in [0.1, 0.15) is 12.4 Å². The van der Waals surface area contributed by atoms with Crippen molar-refractivity contribution >= 4 is 12.1 Å². The van der Waals surface area contributed by atoms with Gasteiger partial charge in [-0.25, -0.2) is 19.0 Å². The standard InChI is InChI=1S/C27H34FN3O4/c1-4-30(35-18-21-10-11-21)25(32)31-24(22-12-14-23(28)15-13-22)16-29(19-27(31,2)3)26(33)34-17-20-8-6-5-7-9-20/h5-9,12-15,21,24H,4,10-11,16-19H2,1-3H3. The van der Waals surface area contributed by atoms with Crippen molar-refractivity contribution in [2.75, 3.05) is 26.2 Å². The molecular formula is C27H34FN3O4. The monoisotopic (exact) mass is 483 g/mol. The van der Waals surface area contributed by atoms with Gasteiger partial charge in [-0.05, 0) is 62.8 Å². The fourth-order valence-corrected chi connectivity index (χ4v) is 4.48. The van der Waals surface area contributed by atoms with Gasteiger partial charge < -0.3 is 14.5 Å². The van der Waals surface area contributed by atoms with Crippen LogP contribution in [0.1, 0.15) is 50.8 Å². The van der Waals surface area contributed by atoms with Crippen LogP contribution in [0, 0.1) is 11.7 Å². The van der Waals surface area contributed by atoms with Gasteiger partial charge >= 0.3 is 12.1 Å². The highest BCUT2D eigenvalue weighted by molar-refractivity contribution is 5.76. The molecule has 2 fully saturated rings. The highest BCUT2D eigenvalue weighted by Crippen LogP contribution is 2.36. The molecule has 0 N–H and O–H groups in total. The molecule has 35 heavy (non-hydrogen) atoms. The highest BCUT2D eigenvalue weighted by atomic mass is 19.1. The van der Waals surface area contributed by atoms with Crippen LogP contribution in [0.15, 0.2) is 54.6 Å². The first kappa shape index (κ1) is 25.0. The number of halogens is 1. The Morgan fingerprint density at radius 2 is 1.77 bits per heavy atom. The van der Waals surface area contributed by atoms with E-state index in [1.165, 1.54) is 17.2 Å². The number of carbonyl (C=O) groups excluding carboxylic acids is 2. The SMILES string of the molecule is CCN(OCC1CC1)C(=O)N1C(c2ccc(F)cc2)CN(C(=O)OCc2ccccc2)CC1(C)C. The molecule has 3 amide bonds. The number of ether oxygens (including phenoxy) is 1. The lowest BCUT2D eigenvalue weighted by Crippen LogP contribution is -2.65. The molecule has 4 rings (SSSR count). The fraction of sp³-hybridized carbons (Fsp3) is 0.481. The molecule has 2 aromatic rings. The van der Waals surface area contributed by atoms with Gasteiger partial charge in [0, 0.05) is 19.6 Å². The molecule has 2 aromatic carbocycles. The lowest BCUT2D eigenvalue weighted by Gasteiger charge is -2.52. The zero-order valence-electron chi connectivity index (χ0n) is 20.7. The van der Waals surface area contributed by atoms with Gasteiger partial charge in [0.15, 0.2) is 0 Å². The van der Waals surface area contributed by atoms with Crippen molar-refractivity contribution in [2.24, 2.45) is 5.92 Å². The number of carbonyl (C=O) groups is 2. The van der Waals surface area contributed by atoms with Gasteiger partial charge in [0.25, 0.3) is 0 Å². The smallest absolute Gasteiger partial charge is 0.410 e. The number of urea groups is 1. The summed E-state index contributed by atoms with van der Waals surface area (Å²) in [6.45, 7) is 7.34. The number of hydroxylamine groups is 2. The van der Waals surface area contributed by atoms with Crippen LogP contribution in [0.3, 0.4) is 0 Å². The van der Waals surface area contributed by atoms with Gasteiger partial charge in [-0.3, -0.25) is 4.84 Å². The molecule has 1 aliphatic heterocycles. The first-order valence-electron chi connectivity index (χ1n) is 12.2. The molecule has 2 aliphatic rings. The highest BCUT2D eigenvalue weighted by Gasteiger charge is 2.46. The number of piperazine rings is 1. The van der Waals surface area contributed by atoms with Gasteiger partial charge in [0.05, 0.1) is 18.2 Å². The van der Waals surface area contributed by atoms with E-state index in [0.29, 0.717) is 25.6 Å². The van der Waals surface area contributed by atoms with E-state index in [1.54, 1.807) is 21.9 Å². The Bertz CT molecular complexity index is 1010. The molecule has 1 aliphatic carbocycles. The van der Waals surface area contributed by atoms with Crippen LogP contribution in [0.5, 0.6) is 0 Å². The van der Waals surface area contributed by atoms with Crippen LogP contribution in [-0.4, -0.2) is 58.8 Å². The fourth-order valence-electron chi connectivity index (χ4n) is 4.48. The number of hydrogen-bond acceptors (Lipinski definition) is 4. The Morgan fingerprint density at radius 1 is 1.09 bits per heavy atom. The minimum Gasteiger partial charge on any atom is -0.445 e.